The number of hydrogen-bond donors (Lipinski definition) is 2. The Hall–Kier alpha value is -1.10. The van der Waals surface area contributed by atoms with Crippen LogP contribution in [0.25, 0.3) is 0 Å². The van der Waals surface area contributed by atoms with Gasteiger partial charge < -0.3 is 5.32 Å². The van der Waals surface area contributed by atoms with Crippen molar-refractivity contribution < 1.29 is 9.63 Å². The first-order chi connectivity index (χ1) is 8.24. The first kappa shape index (κ1) is 12.4. The minimum atomic E-state index is -0.140. The van der Waals surface area contributed by atoms with Gasteiger partial charge in [-0.3, -0.25) is 9.63 Å². The number of carbonyl (C=O) groups excluding carboxylic acids is 1. The Bertz CT molecular complexity index is 375. The second kappa shape index (κ2) is 6.00. The molecule has 0 radical (unpaired) electrons. The summed E-state index contributed by atoms with van der Waals surface area (Å²) in [7, 11) is 0. The number of hydrogen-bond acceptors (Lipinski definition) is 3. The highest BCUT2D eigenvalue weighted by molar-refractivity contribution is 6.30. The van der Waals surface area contributed by atoms with E-state index in [1.807, 2.05) is 12.1 Å². The van der Waals surface area contributed by atoms with Gasteiger partial charge in [-0.25, -0.2) is 5.48 Å². The molecule has 0 spiro atoms. The van der Waals surface area contributed by atoms with Crippen molar-refractivity contribution in [2.75, 3.05) is 13.1 Å². The Morgan fingerprint density at radius 1 is 1.47 bits per heavy atom. The lowest BCUT2D eigenvalue weighted by molar-refractivity contribution is -0.136. The van der Waals surface area contributed by atoms with Gasteiger partial charge >= 0.3 is 0 Å². The second-order valence-corrected chi connectivity index (χ2v) is 4.50. The van der Waals surface area contributed by atoms with Crippen LogP contribution in [0.15, 0.2) is 24.3 Å². The van der Waals surface area contributed by atoms with Gasteiger partial charge in [0.15, 0.2) is 0 Å². The van der Waals surface area contributed by atoms with Crippen LogP contribution in [-0.2, 0) is 16.1 Å². The molecular weight excluding hydrogens is 240 g/mol. The van der Waals surface area contributed by atoms with Crippen molar-refractivity contribution in [3.63, 3.8) is 0 Å². The van der Waals surface area contributed by atoms with Gasteiger partial charge in [-0.15, -0.1) is 0 Å². The molecule has 17 heavy (non-hydrogen) atoms. The van der Waals surface area contributed by atoms with E-state index < -0.39 is 0 Å². The molecule has 1 atom stereocenters. The van der Waals surface area contributed by atoms with Crippen molar-refractivity contribution in [3.8, 4) is 0 Å². The molecule has 2 rings (SSSR count). The van der Waals surface area contributed by atoms with E-state index >= 15 is 0 Å². The minimum Gasteiger partial charge on any atom is -0.314 e. The molecule has 5 heteroatoms. The van der Waals surface area contributed by atoms with Crippen molar-refractivity contribution in [3.05, 3.63) is 34.9 Å². The highest BCUT2D eigenvalue weighted by atomic mass is 35.5. The Morgan fingerprint density at radius 3 is 2.88 bits per heavy atom. The summed E-state index contributed by atoms with van der Waals surface area (Å²) in [5, 5.41) is 3.83. The fraction of sp³-hybridized carbons (Fsp3) is 0.417. The number of carbonyl (C=O) groups is 1. The molecular formula is C12H15ClN2O2. The van der Waals surface area contributed by atoms with Crippen molar-refractivity contribution in [2.24, 2.45) is 0 Å². The van der Waals surface area contributed by atoms with Crippen molar-refractivity contribution in [2.45, 2.75) is 18.9 Å². The predicted octanol–water partition coefficient (Wildman–Crippen LogP) is 1.29. The third kappa shape index (κ3) is 4.00. The van der Waals surface area contributed by atoms with Gasteiger partial charge in [0.25, 0.3) is 0 Å². The Balaban J connectivity index is 1.74. The zero-order valence-corrected chi connectivity index (χ0v) is 10.2. The summed E-state index contributed by atoms with van der Waals surface area (Å²) in [6.07, 6.45) is 1.32. The monoisotopic (exact) mass is 254 g/mol. The molecule has 1 aliphatic rings. The molecule has 0 aliphatic carbocycles. The van der Waals surface area contributed by atoms with Crippen molar-refractivity contribution in [1.29, 1.82) is 0 Å². The molecule has 1 aromatic rings. The van der Waals surface area contributed by atoms with E-state index in [2.05, 4.69) is 10.8 Å². The lowest BCUT2D eigenvalue weighted by Crippen LogP contribution is -2.31. The normalized spacial score (nSPS) is 19.2. The summed E-state index contributed by atoms with van der Waals surface area (Å²) in [6, 6.07) is 7.20. The smallest absolute Gasteiger partial charge is 0.247 e. The van der Waals surface area contributed by atoms with Gasteiger partial charge in [0.1, 0.15) is 0 Å². The van der Waals surface area contributed by atoms with Crippen molar-refractivity contribution in [1.82, 2.24) is 10.8 Å². The molecule has 92 valence electrons. The van der Waals surface area contributed by atoms with Gasteiger partial charge in [0.05, 0.1) is 12.5 Å². The number of benzene rings is 1. The van der Waals surface area contributed by atoms with Crippen LogP contribution in [0.4, 0.5) is 0 Å². The molecule has 1 aromatic carbocycles. The fourth-order valence-electron chi connectivity index (χ4n) is 1.70. The third-order valence-corrected chi connectivity index (χ3v) is 2.88. The Morgan fingerprint density at radius 2 is 2.24 bits per heavy atom. The Kier molecular flexibility index (Phi) is 4.36. The van der Waals surface area contributed by atoms with Crippen LogP contribution in [0.1, 0.15) is 12.0 Å². The maximum absolute atomic E-state index is 11.6. The topological polar surface area (TPSA) is 50.4 Å². The van der Waals surface area contributed by atoms with E-state index in [0.29, 0.717) is 11.4 Å². The van der Waals surface area contributed by atoms with Crippen molar-refractivity contribution >= 4 is 17.5 Å². The number of amides is 1. The molecule has 2 N–H and O–H groups in total. The van der Waals surface area contributed by atoms with Gasteiger partial charge in [-0.05, 0) is 30.7 Å². The van der Waals surface area contributed by atoms with Crippen LogP contribution in [-0.4, -0.2) is 25.1 Å². The van der Waals surface area contributed by atoms with E-state index in [-0.39, 0.29) is 12.0 Å². The standard InChI is InChI=1S/C12H15ClN2O2/c13-10-3-1-9(2-4-10)7-12(16)15-17-11-5-6-14-8-11/h1-4,11,14H,5-8H2,(H,15,16). The van der Waals surface area contributed by atoms with Gasteiger partial charge in [0.2, 0.25) is 5.91 Å². The zero-order valence-electron chi connectivity index (χ0n) is 9.41. The predicted molar refractivity (Wildman–Crippen MR) is 65.7 cm³/mol. The maximum atomic E-state index is 11.6. The van der Waals surface area contributed by atoms with Crippen LogP contribution >= 0.6 is 11.6 Å². The number of rotatable bonds is 4. The average molecular weight is 255 g/mol. The van der Waals surface area contributed by atoms with E-state index in [9.17, 15) is 4.79 Å². The second-order valence-electron chi connectivity index (χ2n) is 4.06. The molecule has 4 nitrogen and oxygen atoms in total. The number of hydroxylamine groups is 1. The van der Waals surface area contributed by atoms with E-state index in [1.54, 1.807) is 12.1 Å². The molecule has 0 saturated carbocycles. The van der Waals surface area contributed by atoms with E-state index in [4.69, 9.17) is 16.4 Å². The first-order valence-electron chi connectivity index (χ1n) is 5.64. The molecule has 1 amide bonds. The summed E-state index contributed by atoms with van der Waals surface area (Å²) < 4.78 is 0. The summed E-state index contributed by atoms with van der Waals surface area (Å²) >= 11 is 5.76. The largest absolute Gasteiger partial charge is 0.314 e. The molecule has 1 saturated heterocycles. The molecule has 1 aliphatic heterocycles. The fourth-order valence-corrected chi connectivity index (χ4v) is 1.83. The quantitative estimate of drug-likeness (QED) is 0.797. The van der Waals surface area contributed by atoms with Crippen LogP contribution in [0, 0.1) is 0 Å². The maximum Gasteiger partial charge on any atom is 0.247 e. The molecule has 1 unspecified atom stereocenters. The van der Waals surface area contributed by atoms with Crippen LogP contribution < -0.4 is 10.8 Å². The van der Waals surface area contributed by atoms with E-state index in [1.165, 1.54) is 0 Å². The Labute approximate surface area is 105 Å². The average Bonchev–Trinajstić information content (AvgIpc) is 2.83. The number of halogens is 1. The summed E-state index contributed by atoms with van der Waals surface area (Å²) in [5.74, 6) is -0.140. The van der Waals surface area contributed by atoms with Gasteiger partial charge in [-0.1, -0.05) is 23.7 Å². The molecule has 1 heterocycles. The summed E-state index contributed by atoms with van der Waals surface area (Å²) in [4.78, 5) is 16.8. The highest BCUT2D eigenvalue weighted by Crippen LogP contribution is 2.10. The van der Waals surface area contributed by atoms with Gasteiger partial charge in [0, 0.05) is 11.6 Å². The summed E-state index contributed by atoms with van der Waals surface area (Å²) in [6.45, 7) is 1.74. The van der Waals surface area contributed by atoms with Gasteiger partial charge in [-0.2, -0.15) is 0 Å². The van der Waals surface area contributed by atoms with E-state index in [0.717, 1.165) is 25.1 Å². The SMILES string of the molecule is O=C(Cc1ccc(Cl)cc1)NOC1CCNC1. The molecule has 0 aromatic heterocycles. The molecule has 1 fully saturated rings. The summed E-state index contributed by atoms with van der Waals surface area (Å²) in [5.41, 5.74) is 3.39. The lowest BCUT2D eigenvalue weighted by atomic mass is 10.1. The minimum absolute atomic E-state index is 0.0872. The zero-order chi connectivity index (χ0) is 12.1. The first-order valence-corrected chi connectivity index (χ1v) is 6.01. The third-order valence-electron chi connectivity index (χ3n) is 2.63. The van der Waals surface area contributed by atoms with Crippen LogP contribution in [0.2, 0.25) is 5.02 Å². The lowest BCUT2D eigenvalue weighted by Gasteiger charge is -2.10. The van der Waals surface area contributed by atoms with Crippen LogP contribution in [0.5, 0.6) is 0 Å². The number of nitrogens with one attached hydrogen (secondary N) is 2. The molecule has 0 bridgehead atoms. The highest BCUT2D eigenvalue weighted by Gasteiger charge is 2.16. The van der Waals surface area contributed by atoms with Crippen LogP contribution in [0.3, 0.4) is 0 Å².